The molecule has 0 aromatic heterocycles. The van der Waals surface area contributed by atoms with Crippen molar-refractivity contribution in [2.45, 2.75) is 79.8 Å². The smallest absolute Gasteiger partial charge is 0.367 e. The molecule has 0 spiro atoms. The van der Waals surface area contributed by atoms with Gasteiger partial charge in [0.25, 0.3) is 11.7 Å². The SMILES string of the molecule is CC(=O)N[C@@H]1[C@@H](NS(=O)(=O)c2cccc3c(N(C)C)cccc23)[C@H](O)[C@](OCCCCCC(=O)O)(C(=O)O)O[C@H]1[C@H](O)[C@H](O)CNC(=O)c1ccc(-c2ccccc2)cc1. The fourth-order valence-corrected chi connectivity index (χ4v) is 8.65. The molecule has 0 aliphatic carbocycles. The van der Waals surface area contributed by atoms with E-state index in [-0.39, 0.29) is 41.5 Å². The van der Waals surface area contributed by atoms with Gasteiger partial charge in [-0.15, -0.1) is 0 Å². The third-order valence-corrected chi connectivity index (χ3v) is 11.7. The molecule has 1 aliphatic rings. The summed E-state index contributed by atoms with van der Waals surface area (Å²) in [6.07, 6.45) is -8.09. The molecule has 17 nitrogen and oxygen atoms in total. The zero-order valence-electron chi connectivity index (χ0n) is 33.2. The molecule has 8 N–H and O–H groups in total. The van der Waals surface area contributed by atoms with E-state index >= 15 is 0 Å². The number of sulfonamides is 1. The summed E-state index contributed by atoms with van der Waals surface area (Å²) in [6.45, 7) is -0.00358. The number of benzene rings is 4. The molecule has 0 unspecified atom stereocenters. The number of carbonyl (C=O) groups is 4. The molecule has 5 rings (SSSR count). The topological polar surface area (TPSA) is 261 Å². The van der Waals surface area contributed by atoms with Gasteiger partial charge in [0.2, 0.25) is 15.9 Å². The number of anilines is 1. The first-order valence-corrected chi connectivity index (χ1v) is 20.7. The van der Waals surface area contributed by atoms with E-state index in [1.807, 2.05) is 30.3 Å². The van der Waals surface area contributed by atoms with Crippen molar-refractivity contribution in [3.8, 4) is 11.1 Å². The van der Waals surface area contributed by atoms with Gasteiger partial charge < -0.3 is 50.5 Å². The van der Waals surface area contributed by atoms with E-state index in [2.05, 4.69) is 15.4 Å². The summed E-state index contributed by atoms with van der Waals surface area (Å²) >= 11 is 0. The van der Waals surface area contributed by atoms with Crippen LogP contribution in [0.4, 0.5) is 5.69 Å². The molecule has 1 aliphatic heterocycles. The van der Waals surface area contributed by atoms with Gasteiger partial charge in [-0.3, -0.25) is 14.4 Å². The number of amides is 2. The summed E-state index contributed by atoms with van der Waals surface area (Å²) in [6, 6.07) is 21.8. The van der Waals surface area contributed by atoms with E-state index in [0.717, 1.165) is 18.1 Å². The van der Waals surface area contributed by atoms with E-state index in [1.165, 1.54) is 12.1 Å². The molecule has 0 radical (unpaired) electrons. The summed E-state index contributed by atoms with van der Waals surface area (Å²) in [4.78, 5) is 51.5. The number of rotatable bonds is 19. The van der Waals surface area contributed by atoms with Crippen LogP contribution in [0.15, 0.2) is 95.9 Å². The Hall–Kier alpha value is -5.47. The second-order valence-corrected chi connectivity index (χ2v) is 16.3. The van der Waals surface area contributed by atoms with Gasteiger partial charge in [0.1, 0.15) is 18.3 Å². The Labute approximate surface area is 347 Å². The molecular weight excluding hydrogens is 801 g/mol. The van der Waals surface area contributed by atoms with Crippen LogP contribution in [-0.4, -0.2) is 127 Å². The summed E-state index contributed by atoms with van der Waals surface area (Å²) < 4.78 is 42.7. The molecule has 1 fully saturated rings. The number of aliphatic hydroxyl groups excluding tert-OH is 3. The van der Waals surface area contributed by atoms with Gasteiger partial charge in [-0.05, 0) is 48.2 Å². The van der Waals surface area contributed by atoms with Gasteiger partial charge in [0.15, 0.2) is 0 Å². The number of hydrogen-bond donors (Lipinski definition) is 8. The third kappa shape index (κ3) is 10.5. The molecule has 4 aromatic carbocycles. The highest BCUT2D eigenvalue weighted by Gasteiger charge is 2.63. The number of nitrogens with zero attached hydrogens (tertiary/aromatic N) is 1. The van der Waals surface area contributed by atoms with Crippen molar-refractivity contribution >= 4 is 50.2 Å². The van der Waals surface area contributed by atoms with E-state index in [1.54, 1.807) is 67.5 Å². The van der Waals surface area contributed by atoms with Crippen molar-refractivity contribution in [3.63, 3.8) is 0 Å². The van der Waals surface area contributed by atoms with Crippen LogP contribution < -0.4 is 20.3 Å². The van der Waals surface area contributed by atoms with Crippen molar-refractivity contribution < 1.29 is 62.6 Å². The van der Waals surface area contributed by atoms with Crippen LogP contribution in [0.5, 0.6) is 0 Å². The second-order valence-electron chi connectivity index (χ2n) is 14.7. The maximum absolute atomic E-state index is 14.4. The fraction of sp³-hybridized carbons (Fsp3) is 0.381. The minimum atomic E-state index is -4.73. The molecule has 1 heterocycles. The predicted molar refractivity (Wildman–Crippen MR) is 220 cm³/mol. The Kier molecular flexibility index (Phi) is 15.0. The lowest BCUT2D eigenvalue weighted by atomic mass is 9.85. The van der Waals surface area contributed by atoms with Crippen molar-refractivity contribution in [1.82, 2.24) is 15.4 Å². The Morgan fingerprint density at radius 2 is 1.48 bits per heavy atom. The highest BCUT2D eigenvalue weighted by atomic mass is 32.2. The quantitative estimate of drug-likeness (QED) is 0.0629. The predicted octanol–water partition coefficient (Wildman–Crippen LogP) is 2.08. The average molecular weight is 851 g/mol. The number of ether oxygens (including phenoxy) is 2. The Morgan fingerprint density at radius 1 is 0.833 bits per heavy atom. The molecule has 322 valence electrons. The molecule has 18 heteroatoms. The molecule has 0 bridgehead atoms. The Bertz CT molecular complexity index is 2260. The zero-order valence-corrected chi connectivity index (χ0v) is 34.0. The summed E-state index contributed by atoms with van der Waals surface area (Å²) in [7, 11) is -1.18. The number of aliphatic carboxylic acids is 2. The monoisotopic (exact) mass is 850 g/mol. The summed E-state index contributed by atoms with van der Waals surface area (Å²) in [5.41, 5.74) is 2.66. The number of carboxylic acid groups (broad SMARTS) is 2. The highest BCUT2D eigenvalue weighted by Crippen LogP contribution is 2.36. The summed E-state index contributed by atoms with van der Waals surface area (Å²) in [5, 5.41) is 60.3. The molecule has 1 saturated heterocycles. The average Bonchev–Trinajstić information content (AvgIpc) is 3.22. The molecule has 4 aromatic rings. The number of carboxylic acids is 2. The van der Waals surface area contributed by atoms with E-state index < -0.39 is 89.2 Å². The van der Waals surface area contributed by atoms with Gasteiger partial charge in [-0.25, -0.2) is 17.9 Å². The maximum Gasteiger partial charge on any atom is 0.367 e. The number of fused-ring (bicyclic) bond motifs is 1. The van der Waals surface area contributed by atoms with Crippen LogP contribution >= 0.6 is 0 Å². The van der Waals surface area contributed by atoms with Crippen molar-refractivity contribution in [1.29, 1.82) is 0 Å². The highest BCUT2D eigenvalue weighted by molar-refractivity contribution is 7.89. The minimum Gasteiger partial charge on any atom is -0.481 e. The molecule has 7 atom stereocenters. The number of nitrogens with one attached hydrogen (secondary N) is 3. The third-order valence-electron chi connectivity index (χ3n) is 10.2. The second kappa shape index (κ2) is 19.7. The van der Waals surface area contributed by atoms with Gasteiger partial charge in [-0.2, -0.15) is 0 Å². The zero-order chi connectivity index (χ0) is 43.8. The number of unbranched alkanes of at least 4 members (excludes halogenated alkanes) is 2. The first kappa shape index (κ1) is 45.6. The largest absolute Gasteiger partial charge is 0.481 e. The van der Waals surface area contributed by atoms with Crippen molar-refractivity contribution in [3.05, 3.63) is 96.6 Å². The van der Waals surface area contributed by atoms with Crippen LogP contribution in [0.3, 0.4) is 0 Å². The first-order chi connectivity index (χ1) is 28.5. The summed E-state index contributed by atoms with van der Waals surface area (Å²) in [5.74, 6) is -7.53. The van der Waals surface area contributed by atoms with Gasteiger partial charge >= 0.3 is 11.9 Å². The van der Waals surface area contributed by atoms with Crippen LogP contribution in [-0.2, 0) is 33.9 Å². The van der Waals surface area contributed by atoms with E-state index in [0.29, 0.717) is 11.1 Å². The van der Waals surface area contributed by atoms with Gasteiger partial charge in [-0.1, -0.05) is 73.2 Å². The Morgan fingerprint density at radius 3 is 2.12 bits per heavy atom. The first-order valence-electron chi connectivity index (χ1n) is 19.2. The number of carbonyl (C=O) groups excluding carboxylic acids is 2. The lowest BCUT2D eigenvalue weighted by Gasteiger charge is -2.50. The van der Waals surface area contributed by atoms with Crippen molar-refractivity contribution in [2.75, 3.05) is 32.1 Å². The lowest BCUT2D eigenvalue weighted by molar-refractivity contribution is -0.332. The van der Waals surface area contributed by atoms with Crippen LogP contribution in [0.1, 0.15) is 43.0 Å². The number of aliphatic hydroxyl groups is 3. The Balaban J connectivity index is 1.47. The van der Waals surface area contributed by atoms with Gasteiger partial charge in [0, 0.05) is 56.0 Å². The maximum atomic E-state index is 14.4. The molecule has 60 heavy (non-hydrogen) atoms. The minimum absolute atomic E-state index is 0.0856. The van der Waals surface area contributed by atoms with Crippen LogP contribution in [0, 0.1) is 0 Å². The fourth-order valence-electron chi connectivity index (χ4n) is 7.16. The van der Waals surface area contributed by atoms with Crippen LogP contribution in [0.25, 0.3) is 21.9 Å². The van der Waals surface area contributed by atoms with Crippen molar-refractivity contribution in [2.24, 2.45) is 0 Å². The van der Waals surface area contributed by atoms with Gasteiger partial charge in [0.05, 0.1) is 29.7 Å². The van der Waals surface area contributed by atoms with E-state index in [4.69, 9.17) is 14.6 Å². The standard InChI is InChI=1S/C42H50N4O13S/c1-25(47)44-35-36(45-60(56,57)33-17-11-14-29-30(33)15-10-16-31(29)46(2)3)39(52)42(41(54)55,58-23-9-5-8-18-34(49)50)59-38(35)37(51)32(48)24-43-40(53)28-21-19-27(20-22-28)26-12-6-4-7-13-26/h4,6-7,10-17,19-22,32,35-39,45,48,51-52H,5,8-9,18,23-24H2,1-3H3,(H,43,53)(H,44,47)(H,49,50)(H,54,55)/t32-,35-,36-,37-,38-,39+,42-/m1/s1. The molecule has 2 amide bonds. The van der Waals surface area contributed by atoms with Crippen LogP contribution in [0.2, 0.25) is 0 Å². The normalized spacial score (nSPS) is 21.4. The molecule has 0 saturated carbocycles. The lowest BCUT2D eigenvalue weighted by Crippen LogP contribution is -2.77. The number of hydrogen-bond acceptors (Lipinski definition) is 12. The van der Waals surface area contributed by atoms with E-state index in [9.17, 15) is 48.0 Å². The molecular formula is C42H50N4O13S.